The van der Waals surface area contributed by atoms with Crippen LogP contribution in [0.5, 0.6) is 11.5 Å². The van der Waals surface area contributed by atoms with Crippen molar-refractivity contribution in [3.05, 3.63) is 24.3 Å². The zero-order valence-electron chi connectivity index (χ0n) is 8.99. The molecule has 0 N–H and O–H groups in total. The lowest BCUT2D eigenvalue weighted by Gasteiger charge is -2.15. The van der Waals surface area contributed by atoms with Crippen LogP contribution in [0.2, 0.25) is 0 Å². The molecular weight excluding hydrogens is 235 g/mol. The minimum atomic E-state index is -4.59. The number of alkyl halides is 3. The van der Waals surface area contributed by atoms with Gasteiger partial charge in [0, 0.05) is 0 Å². The number of nitrogens with zero attached hydrogens (tertiary/aromatic N) is 1. The minimum absolute atomic E-state index is 0.180. The molecule has 0 aromatic heterocycles. The second kappa shape index (κ2) is 5.43. The van der Waals surface area contributed by atoms with Gasteiger partial charge >= 0.3 is 6.18 Å². The average Bonchev–Trinajstić information content (AvgIpc) is 2.28. The van der Waals surface area contributed by atoms with Gasteiger partial charge in [-0.15, -0.1) is 0 Å². The summed E-state index contributed by atoms with van der Waals surface area (Å²) < 4.78 is 46.7. The van der Waals surface area contributed by atoms with E-state index in [1.54, 1.807) is 18.2 Å². The smallest absolute Gasteiger partial charge is 0.407 e. The Hall–Kier alpha value is -1.90. The SMILES string of the molecule is COc1ccccc1OCC(C#N)C(F)(F)F. The summed E-state index contributed by atoms with van der Waals surface area (Å²) in [6, 6.07) is 7.46. The number of methoxy groups -OCH3 is 1. The Kier molecular flexibility index (Phi) is 4.21. The summed E-state index contributed by atoms with van der Waals surface area (Å²) in [5.41, 5.74) is 0. The molecule has 0 radical (unpaired) electrons. The molecule has 0 fully saturated rings. The van der Waals surface area contributed by atoms with Gasteiger partial charge in [0.15, 0.2) is 17.4 Å². The molecule has 3 nitrogen and oxygen atoms in total. The standard InChI is InChI=1S/C11H10F3NO2/c1-16-9-4-2-3-5-10(9)17-7-8(6-15)11(12,13)14/h2-5,8H,7H2,1H3. The molecule has 1 aromatic carbocycles. The van der Waals surface area contributed by atoms with Crippen LogP contribution in [0.3, 0.4) is 0 Å². The van der Waals surface area contributed by atoms with Crippen molar-refractivity contribution in [1.82, 2.24) is 0 Å². The fourth-order valence-corrected chi connectivity index (χ4v) is 1.12. The van der Waals surface area contributed by atoms with E-state index in [4.69, 9.17) is 14.7 Å². The highest BCUT2D eigenvalue weighted by molar-refractivity contribution is 5.39. The highest BCUT2D eigenvalue weighted by atomic mass is 19.4. The monoisotopic (exact) mass is 245 g/mol. The van der Waals surface area contributed by atoms with Crippen LogP contribution < -0.4 is 9.47 Å². The zero-order valence-corrected chi connectivity index (χ0v) is 8.99. The Morgan fingerprint density at radius 1 is 1.29 bits per heavy atom. The van der Waals surface area contributed by atoms with E-state index < -0.39 is 18.7 Å². The molecule has 1 rings (SSSR count). The second-order valence-electron chi connectivity index (χ2n) is 3.19. The third kappa shape index (κ3) is 3.55. The quantitative estimate of drug-likeness (QED) is 0.819. The van der Waals surface area contributed by atoms with Crippen molar-refractivity contribution in [2.45, 2.75) is 6.18 Å². The van der Waals surface area contributed by atoms with E-state index in [0.29, 0.717) is 5.75 Å². The molecule has 1 atom stereocenters. The fraction of sp³-hybridized carbons (Fsp3) is 0.364. The number of ether oxygens (including phenoxy) is 2. The average molecular weight is 245 g/mol. The van der Waals surface area contributed by atoms with Crippen LogP contribution in [0.4, 0.5) is 13.2 Å². The van der Waals surface area contributed by atoms with Crippen molar-refractivity contribution in [3.8, 4) is 17.6 Å². The van der Waals surface area contributed by atoms with Crippen LogP contribution >= 0.6 is 0 Å². The van der Waals surface area contributed by atoms with Gasteiger partial charge in [0.25, 0.3) is 0 Å². The van der Waals surface area contributed by atoms with E-state index in [2.05, 4.69) is 0 Å². The zero-order chi connectivity index (χ0) is 12.9. The Labute approximate surface area is 96.4 Å². The van der Waals surface area contributed by atoms with E-state index >= 15 is 0 Å². The highest BCUT2D eigenvalue weighted by Crippen LogP contribution is 2.29. The lowest BCUT2D eigenvalue weighted by molar-refractivity contribution is -0.165. The summed E-state index contributed by atoms with van der Waals surface area (Å²) in [5, 5.41) is 8.38. The Bertz CT molecular complexity index is 412. The van der Waals surface area contributed by atoms with Crippen molar-refractivity contribution in [2.24, 2.45) is 5.92 Å². The molecule has 0 aliphatic heterocycles. The number of hydrogen-bond acceptors (Lipinski definition) is 3. The van der Waals surface area contributed by atoms with Crippen LogP contribution in [0.15, 0.2) is 24.3 Å². The number of halogens is 3. The Morgan fingerprint density at radius 2 is 1.88 bits per heavy atom. The van der Waals surface area contributed by atoms with Crippen molar-refractivity contribution in [3.63, 3.8) is 0 Å². The van der Waals surface area contributed by atoms with Gasteiger partial charge in [-0.05, 0) is 12.1 Å². The Morgan fingerprint density at radius 3 is 2.35 bits per heavy atom. The molecule has 6 heteroatoms. The maximum Gasteiger partial charge on any atom is 0.407 e. The van der Waals surface area contributed by atoms with Crippen LogP contribution in [0.25, 0.3) is 0 Å². The first-order valence-electron chi connectivity index (χ1n) is 4.71. The van der Waals surface area contributed by atoms with Gasteiger partial charge in [0.1, 0.15) is 6.61 Å². The third-order valence-electron chi connectivity index (χ3n) is 2.03. The van der Waals surface area contributed by atoms with Gasteiger partial charge in [0.2, 0.25) is 0 Å². The van der Waals surface area contributed by atoms with Gasteiger partial charge < -0.3 is 9.47 Å². The predicted molar refractivity (Wildman–Crippen MR) is 53.6 cm³/mol. The number of hydrogen-bond donors (Lipinski definition) is 0. The van der Waals surface area contributed by atoms with Crippen molar-refractivity contribution in [1.29, 1.82) is 5.26 Å². The van der Waals surface area contributed by atoms with E-state index in [1.807, 2.05) is 0 Å². The first-order chi connectivity index (χ1) is 7.99. The summed E-state index contributed by atoms with van der Waals surface area (Å²) in [5.74, 6) is -1.64. The van der Waals surface area contributed by atoms with Gasteiger partial charge in [-0.25, -0.2) is 0 Å². The van der Waals surface area contributed by atoms with Crippen molar-refractivity contribution >= 4 is 0 Å². The van der Waals surface area contributed by atoms with Crippen LogP contribution in [0, 0.1) is 17.2 Å². The molecule has 0 amide bonds. The molecule has 0 aliphatic rings. The van der Waals surface area contributed by atoms with Crippen LogP contribution in [-0.4, -0.2) is 19.9 Å². The summed E-state index contributed by atoms with van der Waals surface area (Å²) in [7, 11) is 1.38. The number of para-hydroxylation sites is 2. The molecule has 0 spiro atoms. The van der Waals surface area contributed by atoms with Crippen molar-refractivity contribution in [2.75, 3.05) is 13.7 Å². The van der Waals surface area contributed by atoms with Crippen molar-refractivity contribution < 1.29 is 22.6 Å². The van der Waals surface area contributed by atoms with Crippen LogP contribution in [-0.2, 0) is 0 Å². The topological polar surface area (TPSA) is 42.2 Å². The second-order valence-corrected chi connectivity index (χ2v) is 3.19. The fourth-order valence-electron chi connectivity index (χ4n) is 1.12. The summed E-state index contributed by atoms with van der Waals surface area (Å²) in [4.78, 5) is 0. The van der Waals surface area contributed by atoms with Gasteiger partial charge in [0.05, 0.1) is 13.2 Å². The minimum Gasteiger partial charge on any atom is -0.493 e. The molecule has 1 unspecified atom stereocenters. The van der Waals surface area contributed by atoms with Gasteiger partial charge in [-0.3, -0.25) is 0 Å². The molecule has 0 aliphatic carbocycles. The van der Waals surface area contributed by atoms with E-state index in [0.717, 1.165) is 6.07 Å². The summed E-state index contributed by atoms with van der Waals surface area (Å²) in [6.45, 7) is -0.750. The third-order valence-corrected chi connectivity index (χ3v) is 2.03. The van der Waals surface area contributed by atoms with E-state index in [9.17, 15) is 13.2 Å². The molecular formula is C11H10F3NO2. The molecule has 0 saturated heterocycles. The summed E-state index contributed by atoms with van der Waals surface area (Å²) in [6.07, 6.45) is -4.59. The highest BCUT2D eigenvalue weighted by Gasteiger charge is 2.40. The lowest BCUT2D eigenvalue weighted by atomic mass is 10.2. The first-order valence-corrected chi connectivity index (χ1v) is 4.71. The van der Waals surface area contributed by atoms with E-state index in [1.165, 1.54) is 13.2 Å². The number of rotatable bonds is 4. The molecule has 0 heterocycles. The maximum atomic E-state index is 12.3. The first kappa shape index (κ1) is 13.2. The van der Waals surface area contributed by atoms with E-state index in [-0.39, 0.29) is 5.75 Å². The van der Waals surface area contributed by atoms with Gasteiger partial charge in [-0.2, -0.15) is 18.4 Å². The molecule has 0 saturated carbocycles. The largest absolute Gasteiger partial charge is 0.493 e. The molecule has 17 heavy (non-hydrogen) atoms. The molecule has 1 aromatic rings. The maximum absolute atomic E-state index is 12.3. The number of nitriles is 1. The Balaban J connectivity index is 2.70. The molecule has 0 bridgehead atoms. The van der Waals surface area contributed by atoms with Crippen LogP contribution in [0.1, 0.15) is 0 Å². The molecule has 92 valence electrons. The number of benzene rings is 1. The normalized spacial score (nSPS) is 12.6. The summed E-state index contributed by atoms with van der Waals surface area (Å²) >= 11 is 0. The van der Waals surface area contributed by atoms with Gasteiger partial charge in [-0.1, -0.05) is 12.1 Å². The lowest BCUT2D eigenvalue weighted by Crippen LogP contribution is -2.27. The predicted octanol–water partition coefficient (Wildman–Crippen LogP) is 2.78.